The monoisotopic (exact) mass is 192 g/mol. The van der Waals surface area contributed by atoms with Crippen LogP contribution in [-0.2, 0) is 0 Å². The highest BCUT2D eigenvalue weighted by atomic mass is 15.1. The molecule has 0 bridgehead atoms. The van der Waals surface area contributed by atoms with Crippen molar-refractivity contribution in [2.45, 2.75) is 13.3 Å². The summed E-state index contributed by atoms with van der Waals surface area (Å²) in [6.45, 7) is 4.29. The Morgan fingerprint density at radius 1 is 1.14 bits per heavy atom. The molecule has 1 aromatic rings. The molecule has 0 amide bonds. The number of anilines is 1. The molecule has 0 unspecified atom stereocenters. The fraction of sp³-hybridized carbons (Fsp3) is 0.500. The molecule has 0 saturated heterocycles. The van der Waals surface area contributed by atoms with Crippen molar-refractivity contribution >= 4 is 5.69 Å². The number of nitrogens with one attached hydrogen (secondary N) is 1. The molecule has 0 aliphatic carbocycles. The fourth-order valence-electron chi connectivity index (χ4n) is 1.30. The lowest BCUT2D eigenvalue weighted by Crippen LogP contribution is -2.16. The van der Waals surface area contributed by atoms with Gasteiger partial charge in [0.1, 0.15) is 0 Å². The molecule has 2 heteroatoms. The Morgan fingerprint density at radius 3 is 2.36 bits per heavy atom. The maximum atomic E-state index is 3.40. The summed E-state index contributed by atoms with van der Waals surface area (Å²) >= 11 is 0. The third-order valence-corrected chi connectivity index (χ3v) is 2.16. The minimum Gasteiger partial charge on any atom is -0.385 e. The summed E-state index contributed by atoms with van der Waals surface area (Å²) in [4.78, 5) is 2.21. The van der Waals surface area contributed by atoms with Gasteiger partial charge in [-0.1, -0.05) is 17.7 Å². The summed E-state index contributed by atoms with van der Waals surface area (Å²) in [7, 11) is 4.21. The number of nitrogens with zero attached hydrogens (tertiary/aromatic N) is 1. The summed E-state index contributed by atoms with van der Waals surface area (Å²) < 4.78 is 0. The second-order valence-corrected chi connectivity index (χ2v) is 3.95. The van der Waals surface area contributed by atoms with Crippen molar-refractivity contribution in [2.24, 2.45) is 0 Å². The van der Waals surface area contributed by atoms with E-state index in [0.29, 0.717) is 0 Å². The van der Waals surface area contributed by atoms with Crippen LogP contribution >= 0.6 is 0 Å². The Bertz CT molecular complexity index is 252. The lowest BCUT2D eigenvalue weighted by Gasteiger charge is -2.10. The zero-order valence-corrected chi connectivity index (χ0v) is 9.38. The van der Waals surface area contributed by atoms with Crippen molar-refractivity contribution in [1.29, 1.82) is 0 Å². The van der Waals surface area contributed by atoms with Crippen molar-refractivity contribution in [3.63, 3.8) is 0 Å². The minimum absolute atomic E-state index is 1.04. The van der Waals surface area contributed by atoms with E-state index in [1.807, 2.05) is 0 Å². The van der Waals surface area contributed by atoms with Crippen LogP contribution in [0.25, 0.3) is 0 Å². The van der Waals surface area contributed by atoms with Crippen LogP contribution in [0.1, 0.15) is 12.0 Å². The predicted molar refractivity (Wildman–Crippen MR) is 62.8 cm³/mol. The molecule has 2 nitrogen and oxygen atoms in total. The van der Waals surface area contributed by atoms with Crippen molar-refractivity contribution in [2.75, 3.05) is 32.5 Å². The maximum absolute atomic E-state index is 3.40. The van der Waals surface area contributed by atoms with Gasteiger partial charge in [0, 0.05) is 12.2 Å². The van der Waals surface area contributed by atoms with Gasteiger partial charge in [0.2, 0.25) is 0 Å². The van der Waals surface area contributed by atoms with Crippen molar-refractivity contribution in [3.8, 4) is 0 Å². The van der Waals surface area contributed by atoms with E-state index in [2.05, 4.69) is 55.5 Å². The Balaban J connectivity index is 2.21. The largest absolute Gasteiger partial charge is 0.385 e. The van der Waals surface area contributed by atoms with E-state index in [4.69, 9.17) is 0 Å². The van der Waals surface area contributed by atoms with E-state index in [9.17, 15) is 0 Å². The normalized spacial score (nSPS) is 10.6. The minimum atomic E-state index is 1.04. The van der Waals surface area contributed by atoms with E-state index in [0.717, 1.165) is 13.1 Å². The summed E-state index contributed by atoms with van der Waals surface area (Å²) in [5.74, 6) is 0. The van der Waals surface area contributed by atoms with Crippen molar-refractivity contribution in [1.82, 2.24) is 4.90 Å². The molecule has 1 aromatic carbocycles. The summed E-state index contributed by atoms with van der Waals surface area (Å²) in [6, 6.07) is 8.53. The molecule has 0 aliphatic heterocycles. The van der Waals surface area contributed by atoms with Gasteiger partial charge in [0.25, 0.3) is 0 Å². The van der Waals surface area contributed by atoms with Gasteiger partial charge in [-0.25, -0.2) is 0 Å². The summed E-state index contributed by atoms with van der Waals surface area (Å²) in [5.41, 5.74) is 2.53. The van der Waals surface area contributed by atoms with Crippen LogP contribution in [-0.4, -0.2) is 32.1 Å². The molecule has 14 heavy (non-hydrogen) atoms. The van der Waals surface area contributed by atoms with Gasteiger partial charge in [-0.2, -0.15) is 0 Å². The SMILES string of the molecule is Cc1ccc(NCCCN(C)C)cc1. The molecule has 0 saturated carbocycles. The lowest BCUT2D eigenvalue weighted by molar-refractivity contribution is 0.405. The molecular weight excluding hydrogens is 172 g/mol. The van der Waals surface area contributed by atoms with Gasteiger partial charge in [-0.3, -0.25) is 0 Å². The van der Waals surface area contributed by atoms with Gasteiger partial charge in [-0.15, -0.1) is 0 Å². The van der Waals surface area contributed by atoms with Crippen LogP contribution in [0, 0.1) is 6.92 Å². The quantitative estimate of drug-likeness (QED) is 0.720. The second kappa shape index (κ2) is 5.66. The number of rotatable bonds is 5. The standard InChI is InChI=1S/C12H20N2/c1-11-5-7-12(8-6-11)13-9-4-10-14(2)3/h5-8,13H,4,9-10H2,1-3H3. The van der Waals surface area contributed by atoms with Gasteiger partial charge in [0.05, 0.1) is 0 Å². The van der Waals surface area contributed by atoms with Gasteiger partial charge >= 0.3 is 0 Å². The molecule has 0 fully saturated rings. The Hall–Kier alpha value is -1.02. The first kappa shape index (κ1) is 11.1. The van der Waals surface area contributed by atoms with Crippen molar-refractivity contribution < 1.29 is 0 Å². The van der Waals surface area contributed by atoms with E-state index in [-0.39, 0.29) is 0 Å². The molecule has 0 spiro atoms. The maximum Gasteiger partial charge on any atom is 0.0340 e. The van der Waals surface area contributed by atoms with Crippen molar-refractivity contribution in [3.05, 3.63) is 29.8 Å². The Kier molecular flexibility index (Phi) is 4.47. The first-order valence-electron chi connectivity index (χ1n) is 5.14. The highest BCUT2D eigenvalue weighted by molar-refractivity contribution is 5.44. The number of aryl methyl sites for hydroxylation is 1. The van der Waals surface area contributed by atoms with Crippen LogP contribution in [0.5, 0.6) is 0 Å². The predicted octanol–water partition coefficient (Wildman–Crippen LogP) is 2.36. The third kappa shape index (κ3) is 4.28. The van der Waals surface area contributed by atoms with E-state index >= 15 is 0 Å². The molecule has 0 atom stereocenters. The van der Waals surface area contributed by atoms with Crippen LogP contribution in [0.2, 0.25) is 0 Å². The zero-order chi connectivity index (χ0) is 10.4. The Labute approximate surface area is 86.9 Å². The van der Waals surface area contributed by atoms with Gasteiger partial charge in [0.15, 0.2) is 0 Å². The topological polar surface area (TPSA) is 15.3 Å². The Morgan fingerprint density at radius 2 is 1.79 bits per heavy atom. The fourth-order valence-corrected chi connectivity index (χ4v) is 1.30. The molecule has 0 aliphatic rings. The molecular formula is C12H20N2. The average molecular weight is 192 g/mol. The highest BCUT2D eigenvalue weighted by Gasteiger charge is 1.92. The third-order valence-electron chi connectivity index (χ3n) is 2.16. The van der Waals surface area contributed by atoms with E-state index in [1.165, 1.54) is 17.7 Å². The number of hydrogen-bond donors (Lipinski definition) is 1. The molecule has 1 N–H and O–H groups in total. The summed E-state index contributed by atoms with van der Waals surface area (Å²) in [5, 5.41) is 3.40. The number of hydrogen-bond acceptors (Lipinski definition) is 2. The molecule has 0 radical (unpaired) electrons. The average Bonchev–Trinajstić information content (AvgIpc) is 2.15. The second-order valence-electron chi connectivity index (χ2n) is 3.95. The molecule has 78 valence electrons. The van der Waals surface area contributed by atoms with Crippen LogP contribution in [0.15, 0.2) is 24.3 Å². The number of benzene rings is 1. The highest BCUT2D eigenvalue weighted by Crippen LogP contribution is 2.08. The summed E-state index contributed by atoms with van der Waals surface area (Å²) in [6.07, 6.45) is 1.18. The van der Waals surface area contributed by atoms with Crippen LogP contribution in [0.4, 0.5) is 5.69 Å². The molecule has 1 rings (SSSR count). The van der Waals surface area contributed by atoms with E-state index in [1.54, 1.807) is 0 Å². The lowest BCUT2D eigenvalue weighted by atomic mass is 10.2. The molecule has 0 aromatic heterocycles. The van der Waals surface area contributed by atoms with Gasteiger partial charge in [-0.05, 0) is 46.1 Å². The van der Waals surface area contributed by atoms with Crippen LogP contribution < -0.4 is 5.32 Å². The smallest absolute Gasteiger partial charge is 0.0340 e. The molecule has 0 heterocycles. The zero-order valence-electron chi connectivity index (χ0n) is 9.38. The first-order valence-corrected chi connectivity index (χ1v) is 5.14. The van der Waals surface area contributed by atoms with E-state index < -0.39 is 0 Å². The van der Waals surface area contributed by atoms with Gasteiger partial charge < -0.3 is 10.2 Å². The first-order chi connectivity index (χ1) is 6.68. The van der Waals surface area contributed by atoms with Crippen LogP contribution in [0.3, 0.4) is 0 Å².